The summed E-state index contributed by atoms with van der Waals surface area (Å²) in [6.07, 6.45) is -10.1. The Morgan fingerprint density at radius 2 is 1.27 bits per heavy atom. The molecule has 3 aromatic rings. The van der Waals surface area contributed by atoms with E-state index in [-0.39, 0.29) is 13.2 Å². The zero-order valence-corrected chi connectivity index (χ0v) is 33.2. The third-order valence-corrected chi connectivity index (χ3v) is 9.38. The van der Waals surface area contributed by atoms with Crippen LogP contribution in [-0.4, -0.2) is 98.7 Å². The van der Waals surface area contributed by atoms with Gasteiger partial charge in [-0.05, 0) is 29.2 Å². The van der Waals surface area contributed by atoms with Gasteiger partial charge in [-0.25, -0.2) is 27.6 Å². The molecular formula is C41H39F5N2O14. The van der Waals surface area contributed by atoms with Gasteiger partial charge in [-0.2, -0.15) is 8.78 Å². The summed E-state index contributed by atoms with van der Waals surface area (Å²) in [4.78, 5) is 76.7. The minimum atomic E-state index is -2.55. The van der Waals surface area contributed by atoms with E-state index in [4.69, 9.17) is 33.2 Å². The van der Waals surface area contributed by atoms with Crippen LogP contribution in [0.15, 0.2) is 61.2 Å². The number of nitrogens with one attached hydrogen (secondary N) is 2. The van der Waals surface area contributed by atoms with Gasteiger partial charge in [0.05, 0.1) is 6.10 Å². The van der Waals surface area contributed by atoms with Gasteiger partial charge in [-0.15, -0.1) is 0 Å². The molecule has 2 amide bonds. The van der Waals surface area contributed by atoms with Gasteiger partial charge in [0.15, 0.2) is 24.5 Å². The monoisotopic (exact) mass is 878 g/mol. The summed E-state index contributed by atoms with van der Waals surface area (Å²) < 4.78 is 115. The van der Waals surface area contributed by atoms with E-state index in [1.54, 1.807) is 12.1 Å². The highest BCUT2D eigenvalue weighted by molar-refractivity contribution is 5.84. The van der Waals surface area contributed by atoms with E-state index in [1.807, 2.05) is 36.4 Å². The summed E-state index contributed by atoms with van der Waals surface area (Å²) in [5, 5.41) is 4.44. The van der Waals surface area contributed by atoms with Gasteiger partial charge in [0, 0.05) is 26.7 Å². The zero-order chi connectivity index (χ0) is 45.4. The highest BCUT2D eigenvalue weighted by Crippen LogP contribution is 2.44. The number of hydrogen-bond acceptors (Lipinski definition) is 14. The van der Waals surface area contributed by atoms with E-state index in [2.05, 4.69) is 21.9 Å². The molecule has 2 N–H and O–H groups in total. The van der Waals surface area contributed by atoms with Crippen molar-refractivity contribution in [3.63, 3.8) is 0 Å². The van der Waals surface area contributed by atoms with Crippen molar-refractivity contribution in [2.45, 2.75) is 76.4 Å². The first-order valence-corrected chi connectivity index (χ1v) is 18.6. The standard InChI is InChI=1S/C41H39F5N2O14/c1-6-15-55-40(53)48-34-37(60-21(5)51)35(59-20(4)50)27(17-56-19(3)49)61-39(34)58-18(2)33(38(52)62-36-31(45)29(43)28(42)30(44)32(36)46)47-41(54)57-16-26-24-13-9-7-11-22(24)23-12-8-10-14-25(23)26/h6-14,18,26-27,33-35,37,39H,1,15-17H2,2-5H3,(H,47,54)(H,48,53)/t18-,27-,33+,34-,35-,37-,39-/m1/s1. The van der Waals surface area contributed by atoms with Crippen LogP contribution in [0.25, 0.3) is 11.1 Å². The molecule has 5 rings (SSSR count). The Labute approximate surface area is 349 Å². The Balaban J connectivity index is 1.50. The van der Waals surface area contributed by atoms with Crippen LogP contribution < -0.4 is 15.4 Å². The molecule has 2 aliphatic rings. The van der Waals surface area contributed by atoms with E-state index in [0.717, 1.165) is 49.9 Å². The van der Waals surface area contributed by atoms with E-state index < -0.39 is 126 Å². The molecule has 0 bridgehead atoms. The average Bonchev–Trinajstić information content (AvgIpc) is 3.55. The molecule has 21 heteroatoms. The molecule has 0 unspecified atom stereocenters. The van der Waals surface area contributed by atoms with Crippen molar-refractivity contribution >= 4 is 36.1 Å². The number of rotatable bonds is 15. The Morgan fingerprint density at radius 3 is 1.82 bits per heavy atom. The molecule has 1 heterocycles. The number of hydrogen-bond donors (Lipinski definition) is 2. The lowest BCUT2D eigenvalue weighted by molar-refractivity contribution is -0.287. The second-order valence-electron chi connectivity index (χ2n) is 13.7. The van der Waals surface area contributed by atoms with E-state index in [0.29, 0.717) is 0 Å². The molecule has 0 aromatic heterocycles. The van der Waals surface area contributed by atoms with E-state index >= 15 is 0 Å². The molecule has 332 valence electrons. The molecule has 0 saturated carbocycles. The number of ether oxygens (including phenoxy) is 8. The highest BCUT2D eigenvalue weighted by atomic mass is 19.2. The molecular weight excluding hydrogens is 839 g/mol. The molecule has 1 aliphatic carbocycles. The van der Waals surface area contributed by atoms with Crippen molar-refractivity contribution < 1.29 is 88.6 Å². The predicted molar refractivity (Wildman–Crippen MR) is 199 cm³/mol. The maximum absolute atomic E-state index is 14.8. The van der Waals surface area contributed by atoms with Crippen molar-refractivity contribution in [2.24, 2.45) is 0 Å². The molecule has 3 aromatic carbocycles. The number of esters is 4. The summed E-state index contributed by atoms with van der Waals surface area (Å²) in [6.45, 7) is 6.06. The summed E-state index contributed by atoms with van der Waals surface area (Å²) in [5.41, 5.74) is 3.31. The molecule has 62 heavy (non-hydrogen) atoms. The fraction of sp³-hybridized carbons (Fsp3) is 0.366. The largest absolute Gasteiger partial charge is 0.463 e. The molecule has 1 saturated heterocycles. The Morgan fingerprint density at radius 1 is 0.726 bits per heavy atom. The smallest absolute Gasteiger partial charge is 0.407 e. The maximum Gasteiger partial charge on any atom is 0.407 e. The van der Waals surface area contributed by atoms with Crippen molar-refractivity contribution in [1.29, 1.82) is 0 Å². The first kappa shape index (κ1) is 46.5. The number of benzene rings is 3. The molecule has 0 spiro atoms. The normalized spacial score (nSPS) is 20.0. The summed E-state index contributed by atoms with van der Waals surface area (Å²) in [6, 6.07) is 10.5. The van der Waals surface area contributed by atoms with Gasteiger partial charge < -0.3 is 48.5 Å². The lowest BCUT2D eigenvalue weighted by Crippen LogP contribution is -2.67. The van der Waals surface area contributed by atoms with Crippen LogP contribution in [0.2, 0.25) is 0 Å². The van der Waals surface area contributed by atoms with E-state index in [9.17, 15) is 50.7 Å². The summed E-state index contributed by atoms with van der Waals surface area (Å²) in [7, 11) is 0. The number of amides is 2. The zero-order valence-electron chi connectivity index (χ0n) is 33.2. The SMILES string of the molecule is C=CCOC(=O)N[C@H]1[C@H](O[C@H](C)[C@H](NC(=O)OCC2c3ccccc3-c3ccccc32)C(=O)Oc2c(F)c(F)c(F)c(F)c2F)O[C@H](COC(C)=O)[C@@H](OC(C)=O)[C@@H]1OC(C)=O. The minimum absolute atomic E-state index is 0.335. The van der Waals surface area contributed by atoms with Crippen LogP contribution in [0.3, 0.4) is 0 Å². The van der Waals surface area contributed by atoms with Crippen LogP contribution in [0.5, 0.6) is 5.75 Å². The lowest BCUT2D eigenvalue weighted by atomic mass is 9.96. The quantitative estimate of drug-likeness (QED) is 0.0392. The summed E-state index contributed by atoms with van der Waals surface area (Å²) >= 11 is 0. The number of fused-ring (bicyclic) bond motifs is 3. The molecule has 16 nitrogen and oxygen atoms in total. The Kier molecular flexibility index (Phi) is 15.2. The highest BCUT2D eigenvalue weighted by Gasteiger charge is 2.53. The first-order valence-electron chi connectivity index (χ1n) is 18.6. The number of carbonyl (C=O) groups excluding carboxylic acids is 6. The predicted octanol–water partition coefficient (Wildman–Crippen LogP) is 5.03. The lowest BCUT2D eigenvalue weighted by Gasteiger charge is -2.45. The fourth-order valence-corrected chi connectivity index (χ4v) is 6.75. The van der Waals surface area contributed by atoms with Crippen LogP contribution in [0.1, 0.15) is 44.7 Å². The van der Waals surface area contributed by atoms with Gasteiger partial charge in [-0.3, -0.25) is 14.4 Å². The average molecular weight is 879 g/mol. The Hall–Kier alpha value is -6.61. The van der Waals surface area contributed by atoms with Gasteiger partial charge in [0.1, 0.15) is 32.0 Å². The van der Waals surface area contributed by atoms with Crippen molar-refractivity contribution in [3.8, 4) is 16.9 Å². The van der Waals surface area contributed by atoms with Gasteiger partial charge in [0.25, 0.3) is 0 Å². The van der Waals surface area contributed by atoms with Crippen LogP contribution in [-0.2, 0) is 52.3 Å². The number of carbonyl (C=O) groups is 6. The first-order chi connectivity index (χ1) is 29.4. The summed E-state index contributed by atoms with van der Waals surface area (Å²) in [5.74, 6) is -19.7. The fourth-order valence-electron chi connectivity index (χ4n) is 6.75. The number of halogens is 5. The van der Waals surface area contributed by atoms with Gasteiger partial charge in [-0.1, -0.05) is 61.2 Å². The van der Waals surface area contributed by atoms with Crippen LogP contribution in [0, 0.1) is 29.1 Å². The maximum atomic E-state index is 14.8. The third-order valence-electron chi connectivity index (χ3n) is 9.38. The van der Waals surface area contributed by atoms with Crippen LogP contribution in [0.4, 0.5) is 31.5 Å². The number of alkyl carbamates (subject to hydrolysis) is 2. The Bertz CT molecular complexity index is 2150. The topological polar surface area (TPSA) is 200 Å². The van der Waals surface area contributed by atoms with Gasteiger partial charge in [0.2, 0.25) is 34.8 Å². The van der Waals surface area contributed by atoms with Crippen molar-refractivity contribution in [2.75, 3.05) is 19.8 Å². The second kappa shape index (κ2) is 20.3. The van der Waals surface area contributed by atoms with Gasteiger partial charge >= 0.3 is 36.1 Å². The second-order valence-corrected chi connectivity index (χ2v) is 13.7. The van der Waals surface area contributed by atoms with Crippen molar-refractivity contribution in [1.82, 2.24) is 10.6 Å². The van der Waals surface area contributed by atoms with Crippen LogP contribution >= 0.6 is 0 Å². The molecule has 7 atom stereocenters. The van der Waals surface area contributed by atoms with E-state index in [1.165, 1.54) is 6.08 Å². The van der Waals surface area contributed by atoms with Crippen molar-refractivity contribution in [3.05, 3.63) is 101 Å². The third kappa shape index (κ3) is 10.6. The minimum Gasteiger partial charge on any atom is -0.463 e. The molecule has 0 radical (unpaired) electrons. The molecule has 1 aliphatic heterocycles. The molecule has 1 fully saturated rings.